The predicted molar refractivity (Wildman–Crippen MR) is 89.5 cm³/mol. The van der Waals surface area contributed by atoms with Crippen LogP contribution in [0.25, 0.3) is 0 Å². The molecule has 7 heteroatoms. The number of furan rings is 1. The largest absolute Gasteiger partial charge is 0.478 e. The first kappa shape index (κ1) is 17.9. The summed E-state index contributed by atoms with van der Waals surface area (Å²) in [6.45, 7) is 5.12. The van der Waals surface area contributed by atoms with Gasteiger partial charge in [0.1, 0.15) is 23.5 Å². The fraction of sp³-hybridized carbons (Fsp3) is 0.294. The van der Waals surface area contributed by atoms with Crippen molar-refractivity contribution in [2.45, 2.75) is 33.4 Å². The molecule has 0 aliphatic rings. The van der Waals surface area contributed by atoms with Gasteiger partial charge in [-0.05, 0) is 50.6 Å². The number of esters is 1. The number of benzene rings is 1. The van der Waals surface area contributed by atoms with Crippen molar-refractivity contribution in [1.29, 1.82) is 0 Å². The molecule has 24 heavy (non-hydrogen) atoms. The predicted octanol–water partition coefficient (Wildman–Crippen LogP) is 3.79. The van der Waals surface area contributed by atoms with Crippen LogP contribution in [0, 0.1) is 13.8 Å². The second-order valence-electron chi connectivity index (χ2n) is 5.40. The standard InChI is InChI=1S/C17H18ClNO5/c1-9-6-12(18)4-5-15(9)19-11(3)24-16(20)8-13-7-14(17(21)22)10(2)23-13/h4-7,11,19H,8H2,1-3H3,(H,21,22). The number of hydrogen-bond acceptors (Lipinski definition) is 5. The SMILES string of the molecule is Cc1cc(Cl)ccc1NC(C)OC(=O)Cc1cc(C(=O)O)c(C)o1. The van der Waals surface area contributed by atoms with E-state index in [0.717, 1.165) is 11.3 Å². The molecule has 6 nitrogen and oxygen atoms in total. The highest BCUT2D eigenvalue weighted by molar-refractivity contribution is 6.30. The number of carboxylic acids is 1. The highest BCUT2D eigenvalue weighted by atomic mass is 35.5. The van der Waals surface area contributed by atoms with Gasteiger partial charge in [0.05, 0.1) is 0 Å². The Morgan fingerprint density at radius 3 is 2.62 bits per heavy atom. The molecule has 0 fully saturated rings. The quantitative estimate of drug-likeness (QED) is 0.608. The lowest BCUT2D eigenvalue weighted by molar-refractivity contribution is -0.146. The van der Waals surface area contributed by atoms with Crippen molar-refractivity contribution in [1.82, 2.24) is 0 Å². The maximum Gasteiger partial charge on any atom is 0.339 e. The van der Waals surface area contributed by atoms with Gasteiger partial charge in [-0.25, -0.2) is 4.79 Å². The summed E-state index contributed by atoms with van der Waals surface area (Å²) in [5, 5.41) is 12.7. The van der Waals surface area contributed by atoms with E-state index in [0.29, 0.717) is 5.02 Å². The van der Waals surface area contributed by atoms with Gasteiger partial charge in [0.2, 0.25) is 0 Å². The minimum Gasteiger partial charge on any atom is -0.478 e. The fourth-order valence-electron chi connectivity index (χ4n) is 2.26. The number of carbonyl (C=O) groups is 2. The van der Waals surface area contributed by atoms with Crippen molar-refractivity contribution in [3.63, 3.8) is 0 Å². The third-order valence-corrected chi connectivity index (χ3v) is 3.61. The molecule has 0 spiro atoms. The van der Waals surface area contributed by atoms with Crippen molar-refractivity contribution in [3.8, 4) is 0 Å². The molecule has 1 atom stereocenters. The third-order valence-electron chi connectivity index (χ3n) is 3.37. The van der Waals surface area contributed by atoms with E-state index in [1.54, 1.807) is 25.1 Å². The molecule has 1 aromatic carbocycles. The summed E-state index contributed by atoms with van der Waals surface area (Å²) in [7, 11) is 0. The van der Waals surface area contributed by atoms with Crippen molar-refractivity contribution in [2.75, 3.05) is 5.32 Å². The van der Waals surface area contributed by atoms with Gasteiger partial charge in [0.25, 0.3) is 0 Å². The van der Waals surface area contributed by atoms with Crippen LogP contribution in [0.5, 0.6) is 0 Å². The second-order valence-corrected chi connectivity index (χ2v) is 5.84. The minimum absolute atomic E-state index is 0.0424. The number of aryl methyl sites for hydroxylation is 2. The lowest BCUT2D eigenvalue weighted by atomic mass is 10.2. The van der Waals surface area contributed by atoms with E-state index in [1.165, 1.54) is 13.0 Å². The molecule has 1 aromatic heterocycles. The number of carbonyl (C=O) groups excluding carboxylic acids is 1. The van der Waals surface area contributed by atoms with E-state index >= 15 is 0 Å². The van der Waals surface area contributed by atoms with Crippen molar-refractivity contribution < 1.29 is 23.8 Å². The number of halogens is 1. The van der Waals surface area contributed by atoms with Gasteiger partial charge >= 0.3 is 11.9 Å². The maximum absolute atomic E-state index is 12.0. The average Bonchev–Trinajstić information content (AvgIpc) is 2.82. The zero-order valence-electron chi connectivity index (χ0n) is 13.6. The van der Waals surface area contributed by atoms with Gasteiger partial charge in [-0.15, -0.1) is 0 Å². The zero-order chi connectivity index (χ0) is 17.9. The summed E-state index contributed by atoms with van der Waals surface area (Å²) < 4.78 is 10.5. The molecule has 1 heterocycles. The number of hydrogen-bond donors (Lipinski definition) is 2. The Morgan fingerprint density at radius 2 is 2.04 bits per heavy atom. The Morgan fingerprint density at radius 1 is 1.33 bits per heavy atom. The molecule has 0 radical (unpaired) electrons. The van der Waals surface area contributed by atoms with Gasteiger partial charge in [-0.2, -0.15) is 0 Å². The molecule has 0 bridgehead atoms. The average molecular weight is 352 g/mol. The molecule has 0 saturated carbocycles. The van der Waals surface area contributed by atoms with E-state index in [9.17, 15) is 9.59 Å². The first-order chi connectivity index (χ1) is 11.3. The summed E-state index contributed by atoms with van der Waals surface area (Å²) in [6.07, 6.45) is -0.702. The molecule has 0 aliphatic heterocycles. The molecular weight excluding hydrogens is 334 g/mol. The molecule has 2 N–H and O–H groups in total. The molecule has 0 aliphatic carbocycles. The van der Waals surface area contributed by atoms with Gasteiger partial charge in [-0.1, -0.05) is 11.6 Å². The Bertz CT molecular complexity index is 768. The number of anilines is 1. The highest BCUT2D eigenvalue weighted by Crippen LogP contribution is 2.21. The topological polar surface area (TPSA) is 88.8 Å². The highest BCUT2D eigenvalue weighted by Gasteiger charge is 2.18. The normalized spacial score (nSPS) is 11.8. The van der Waals surface area contributed by atoms with Crippen LogP contribution < -0.4 is 5.32 Å². The number of rotatable bonds is 6. The van der Waals surface area contributed by atoms with Crippen LogP contribution in [0.15, 0.2) is 28.7 Å². The minimum atomic E-state index is -1.09. The van der Waals surface area contributed by atoms with E-state index < -0.39 is 18.2 Å². The molecule has 128 valence electrons. The van der Waals surface area contributed by atoms with E-state index in [1.807, 2.05) is 6.92 Å². The Labute approximate surface area is 144 Å². The Balaban J connectivity index is 1.94. The lowest BCUT2D eigenvalue weighted by Crippen LogP contribution is -2.24. The summed E-state index contributed by atoms with van der Waals surface area (Å²) in [4.78, 5) is 22.9. The first-order valence-corrected chi connectivity index (χ1v) is 7.69. The van der Waals surface area contributed by atoms with Crippen LogP contribution in [0.3, 0.4) is 0 Å². The van der Waals surface area contributed by atoms with Crippen LogP contribution in [0.1, 0.15) is 34.4 Å². The smallest absolute Gasteiger partial charge is 0.339 e. The maximum atomic E-state index is 12.0. The van der Waals surface area contributed by atoms with E-state index in [4.69, 9.17) is 25.9 Å². The summed E-state index contributed by atoms with van der Waals surface area (Å²) in [5.74, 6) is -1.10. The second kappa shape index (κ2) is 7.40. The lowest BCUT2D eigenvalue weighted by Gasteiger charge is -2.17. The van der Waals surface area contributed by atoms with Gasteiger partial charge in [0, 0.05) is 10.7 Å². The van der Waals surface area contributed by atoms with Crippen LogP contribution in [0.2, 0.25) is 5.02 Å². The van der Waals surface area contributed by atoms with Crippen molar-refractivity contribution in [2.24, 2.45) is 0 Å². The monoisotopic (exact) mass is 351 g/mol. The van der Waals surface area contributed by atoms with Crippen LogP contribution in [0.4, 0.5) is 5.69 Å². The summed E-state index contributed by atoms with van der Waals surface area (Å²) in [5.41, 5.74) is 1.78. The zero-order valence-corrected chi connectivity index (χ0v) is 14.3. The summed E-state index contributed by atoms with van der Waals surface area (Å²) >= 11 is 5.90. The van der Waals surface area contributed by atoms with Gasteiger partial charge in [-0.3, -0.25) is 4.79 Å². The van der Waals surface area contributed by atoms with Crippen molar-refractivity contribution in [3.05, 3.63) is 51.9 Å². The Kier molecular flexibility index (Phi) is 5.51. The van der Waals surface area contributed by atoms with Crippen LogP contribution in [-0.4, -0.2) is 23.3 Å². The van der Waals surface area contributed by atoms with E-state index in [2.05, 4.69) is 5.32 Å². The van der Waals surface area contributed by atoms with Gasteiger partial charge in [0.15, 0.2) is 6.23 Å². The summed E-state index contributed by atoms with van der Waals surface area (Å²) in [6, 6.07) is 6.68. The Hall–Kier alpha value is -2.47. The van der Waals surface area contributed by atoms with E-state index in [-0.39, 0.29) is 23.5 Å². The van der Waals surface area contributed by atoms with Crippen LogP contribution in [-0.2, 0) is 16.0 Å². The van der Waals surface area contributed by atoms with Gasteiger partial charge < -0.3 is 19.6 Å². The third kappa shape index (κ3) is 4.52. The number of aromatic carboxylic acids is 1. The number of carboxylic acid groups (broad SMARTS) is 1. The number of nitrogens with one attached hydrogen (secondary N) is 1. The molecule has 2 rings (SSSR count). The molecule has 2 aromatic rings. The molecule has 1 unspecified atom stereocenters. The molecule has 0 amide bonds. The fourth-order valence-corrected chi connectivity index (χ4v) is 2.49. The number of ether oxygens (including phenoxy) is 1. The molecular formula is C17H18ClNO5. The first-order valence-electron chi connectivity index (χ1n) is 7.31. The van der Waals surface area contributed by atoms with Crippen molar-refractivity contribution >= 4 is 29.2 Å². The van der Waals surface area contributed by atoms with Crippen LogP contribution >= 0.6 is 11.6 Å². The molecule has 0 saturated heterocycles.